The molecule has 1 aliphatic heterocycles. The average molecular weight is 324 g/mol. The molecular weight excluding hydrogens is 299 g/mol. The van der Waals surface area contributed by atoms with Crippen molar-refractivity contribution in [2.45, 2.75) is 6.42 Å². The van der Waals surface area contributed by atoms with Gasteiger partial charge in [0.25, 0.3) is 5.91 Å². The fourth-order valence-corrected chi connectivity index (χ4v) is 3.10. The van der Waals surface area contributed by atoms with E-state index in [9.17, 15) is 14.3 Å². The third-order valence-corrected chi connectivity index (χ3v) is 4.02. The monoisotopic (exact) mass is 324 g/mol. The topological polar surface area (TPSA) is 53.0 Å². The first-order chi connectivity index (χ1) is 11.0. The van der Waals surface area contributed by atoms with Crippen molar-refractivity contribution in [3.8, 4) is 5.75 Å². The van der Waals surface area contributed by atoms with Crippen LogP contribution in [0.15, 0.2) is 24.3 Å². The number of carbonyl (C=O) groups is 1. The fourth-order valence-electron chi connectivity index (χ4n) is 3.10. The minimum Gasteiger partial charge on any atom is -0.484 e. The Morgan fingerprint density at radius 1 is 1.39 bits per heavy atom. The molecule has 128 valence electrons. The predicted molar refractivity (Wildman–Crippen MR) is 85.7 cm³/mol. The highest BCUT2D eigenvalue weighted by molar-refractivity contribution is 5.77. The van der Waals surface area contributed by atoms with Crippen LogP contribution in [0.2, 0.25) is 0 Å². The molecule has 0 radical (unpaired) electrons. The molecule has 0 saturated carbocycles. The zero-order chi connectivity index (χ0) is 16.8. The standard InChI is InChI=1S/C17H25FN2O3/c1-19(2)8-13-6-14(11-21)10-20(9-13)17(22)12-23-16-5-3-4-15(18)7-16/h3-5,7,13-14,21H,6,8-12H2,1-2H3. The lowest BCUT2D eigenvalue weighted by Gasteiger charge is -2.38. The highest BCUT2D eigenvalue weighted by atomic mass is 19.1. The zero-order valence-electron chi connectivity index (χ0n) is 13.7. The summed E-state index contributed by atoms with van der Waals surface area (Å²) in [6.07, 6.45) is 0.920. The van der Waals surface area contributed by atoms with Crippen LogP contribution in [0.4, 0.5) is 4.39 Å². The lowest BCUT2D eigenvalue weighted by atomic mass is 9.89. The lowest BCUT2D eigenvalue weighted by molar-refractivity contribution is -0.136. The number of aliphatic hydroxyl groups excluding tert-OH is 1. The van der Waals surface area contributed by atoms with Crippen LogP contribution in [0, 0.1) is 17.7 Å². The maximum Gasteiger partial charge on any atom is 0.260 e. The molecule has 1 saturated heterocycles. The van der Waals surface area contributed by atoms with E-state index in [0.717, 1.165) is 13.0 Å². The molecule has 1 N–H and O–H groups in total. The molecule has 0 aliphatic carbocycles. The number of benzene rings is 1. The van der Waals surface area contributed by atoms with Crippen LogP contribution in [0.1, 0.15) is 6.42 Å². The Kier molecular flexibility index (Phi) is 6.36. The van der Waals surface area contributed by atoms with Crippen LogP contribution in [0.25, 0.3) is 0 Å². The van der Waals surface area contributed by atoms with Crippen molar-refractivity contribution in [2.75, 3.05) is 46.9 Å². The molecule has 2 rings (SSSR count). The lowest BCUT2D eigenvalue weighted by Crippen LogP contribution is -2.48. The minimum atomic E-state index is -0.390. The van der Waals surface area contributed by atoms with Gasteiger partial charge in [-0.05, 0) is 44.5 Å². The minimum absolute atomic E-state index is 0.0818. The third-order valence-electron chi connectivity index (χ3n) is 4.02. The molecule has 0 aromatic heterocycles. The molecule has 0 spiro atoms. The van der Waals surface area contributed by atoms with E-state index in [4.69, 9.17) is 4.74 Å². The summed E-state index contributed by atoms with van der Waals surface area (Å²) in [6.45, 7) is 2.06. The van der Waals surface area contributed by atoms with Crippen LogP contribution in [-0.4, -0.2) is 67.8 Å². The van der Waals surface area contributed by atoms with E-state index >= 15 is 0 Å². The summed E-state index contributed by atoms with van der Waals surface area (Å²) >= 11 is 0. The van der Waals surface area contributed by atoms with Gasteiger partial charge in [-0.1, -0.05) is 6.07 Å². The van der Waals surface area contributed by atoms with Gasteiger partial charge in [0.05, 0.1) is 0 Å². The number of hydrogen-bond acceptors (Lipinski definition) is 4. The van der Waals surface area contributed by atoms with E-state index in [1.54, 1.807) is 17.0 Å². The van der Waals surface area contributed by atoms with Gasteiger partial charge in [0, 0.05) is 32.3 Å². The summed E-state index contributed by atoms with van der Waals surface area (Å²) in [5.74, 6) is 0.273. The van der Waals surface area contributed by atoms with Gasteiger partial charge in [0.2, 0.25) is 0 Å². The van der Waals surface area contributed by atoms with Gasteiger partial charge in [-0.25, -0.2) is 4.39 Å². The molecular formula is C17H25FN2O3. The molecule has 1 aliphatic rings. The summed E-state index contributed by atoms with van der Waals surface area (Å²) in [5, 5.41) is 9.46. The molecule has 5 nitrogen and oxygen atoms in total. The number of likely N-dealkylation sites (tertiary alicyclic amines) is 1. The van der Waals surface area contributed by atoms with Gasteiger partial charge in [-0.3, -0.25) is 4.79 Å². The van der Waals surface area contributed by atoms with E-state index in [2.05, 4.69) is 4.90 Å². The second-order valence-corrected chi connectivity index (χ2v) is 6.46. The van der Waals surface area contributed by atoms with Gasteiger partial charge >= 0.3 is 0 Å². The molecule has 23 heavy (non-hydrogen) atoms. The van der Waals surface area contributed by atoms with Gasteiger partial charge in [-0.2, -0.15) is 0 Å². The zero-order valence-corrected chi connectivity index (χ0v) is 13.7. The Bertz CT molecular complexity index is 524. The molecule has 2 unspecified atom stereocenters. The smallest absolute Gasteiger partial charge is 0.260 e. The van der Waals surface area contributed by atoms with E-state index in [0.29, 0.717) is 24.8 Å². The summed E-state index contributed by atoms with van der Waals surface area (Å²) in [7, 11) is 4.00. The van der Waals surface area contributed by atoms with Gasteiger partial charge in [0.15, 0.2) is 6.61 Å². The van der Waals surface area contributed by atoms with E-state index in [1.165, 1.54) is 12.1 Å². The van der Waals surface area contributed by atoms with Crippen molar-refractivity contribution in [2.24, 2.45) is 11.8 Å². The molecule has 1 heterocycles. The van der Waals surface area contributed by atoms with Crippen molar-refractivity contribution < 1.29 is 19.0 Å². The maximum absolute atomic E-state index is 13.1. The molecule has 1 aromatic rings. The quantitative estimate of drug-likeness (QED) is 0.855. The summed E-state index contributed by atoms with van der Waals surface area (Å²) < 4.78 is 18.5. The van der Waals surface area contributed by atoms with Crippen molar-refractivity contribution in [1.29, 1.82) is 0 Å². The van der Waals surface area contributed by atoms with Crippen LogP contribution in [-0.2, 0) is 4.79 Å². The summed E-state index contributed by atoms with van der Waals surface area (Å²) in [4.78, 5) is 16.2. The van der Waals surface area contributed by atoms with Gasteiger partial charge in [0.1, 0.15) is 11.6 Å². The molecule has 1 aromatic carbocycles. The Labute approximate surface area is 136 Å². The first kappa shape index (κ1) is 17.7. The van der Waals surface area contributed by atoms with Crippen molar-refractivity contribution in [3.63, 3.8) is 0 Å². The van der Waals surface area contributed by atoms with E-state index in [-0.39, 0.29) is 30.9 Å². The molecule has 1 fully saturated rings. The average Bonchev–Trinajstić information content (AvgIpc) is 2.51. The molecule has 0 bridgehead atoms. The van der Waals surface area contributed by atoms with Crippen LogP contribution >= 0.6 is 0 Å². The van der Waals surface area contributed by atoms with Gasteiger partial charge in [-0.15, -0.1) is 0 Å². The second-order valence-electron chi connectivity index (χ2n) is 6.46. The molecule has 2 atom stereocenters. The number of nitrogens with zero attached hydrogens (tertiary/aromatic N) is 2. The summed E-state index contributed by atoms with van der Waals surface area (Å²) in [6, 6.07) is 5.76. The van der Waals surface area contributed by atoms with E-state index < -0.39 is 0 Å². The van der Waals surface area contributed by atoms with Crippen LogP contribution < -0.4 is 4.74 Å². The Hall–Kier alpha value is -1.66. The third kappa shape index (κ3) is 5.48. The maximum atomic E-state index is 13.1. The number of aliphatic hydroxyl groups is 1. The highest BCUT2D eigenvalue weighted by Crippen LogP contribution is 2.22. The number of hydrogen-bond donors (Lipinski definition) is 1. The largest absolute Gasteiger partial charge is 0.484 e. The number of halogens is 1. The Morgan fingerprint density at radius 2 is 2.13 bits per heavy atom. The first-order valence-electron chi connectivity index (χ1n) is 7.89. The SMILES string of the molecule is CN(C)CC1CC(CO)CN(C(=O)COc2cccc(F)c2)C1. The Morgan fingerprint density at radius 3 is 2.78 bits per heavy atom. The highest BCUT2D eigenvalue weighted by Gasteiger charge is 2.30. The molecule has 1 amide bonds. The summed E-state index contributed by atoms with van der Waals surface area (Å²) in [5.41, 5.74) is 0. The normalized spacial score (nSPS) is 21.5. The molecule has 6 heteroatoms. The number of amides is 1. The van der Waals surface area contributed by atoms with Crippen LogP contribution in [0.3, 0.4) is 0 Å². The predicted octanol–water partition coefficient (Wildman–Crippen LogP) is 1.22. The Balaban J connectivity index is 1.91. The van der Waals surface area contributed by atoms with Crippen LogP contribution in [0.5, 0.6) is 5.75 Å². The first-order valence-corrected chi connectivity index (χ1v) is 7.89. The fraction of sp³-hybridized carbons (Fsp3) is 0.588. The van der Waals surface area contributed by atoms with Crippen molar-refractivity contribution in [3.05, 3.63) is 30.1 Å². The number of rotatable bonds is 6. The number of ether oxygens (including phenoxy) is 1. The van der Waals surface area contributed by atoms with E-state index in [1.807, 2.05) is 14.1 Å². The second kappa shape index (κ2) is 8.26. The number of piperidine rings is 1. The van der Waals surface area contributed by atoms with Crippen molar-refractivity contribution in [1.82, 2.24) is 9.80 Å². The number of carbonyl (C=O) groups excluding carboxylic acids is 1. The van der Waals surface area contributed by atoms with Crippen molar-refractivity contribution >= 4 is 5.91 Å². The van der Waals surface area contributed by atoms with Gasteiger partial charge < -0.3 is 19.6 Å².